The normalized spacial score (nSPS) is 12.4. The second-order valence-corrected chi connectivity index (χ2v) is 12.5. The van der Waals surface area contributed by atoms with E-state index >= 15 is 0 Å². The van der Waals surface area contributed by atoms with Gasteiger partial charge in [0.1, 0.15) is 5.82 Å². The van der Waals surface area contributed by atoms with Crippen LogP contribution in [0.25, 0.3) is 15.3 Å². The van der Waals surface area contributed by atoms with E-state index in [2.05, 4.69) is 43.3 Å². The molecule has 4 rings (SSSR count). The van der Waals surface area contributed by atoms with Crippen molar-refractivity contribution < 1.29 is 13.2 Å². The maximum Gasteiger partial charge on any atom is 0.256 e. The maximum atomic E-state index is 13.0. The Balaban J connectivity index is 1.60. The molecule has 36 heavy (non-hydrogen) atoms. The number of aryl methyl sites for hydroxylation is 1. The highest BCUT2D eigenvalue weighted by Crippen LogP contribution is 2.32. The summed E-state index contributed by atoms with van der Waals surface area (Å²) < 4.78 is 29.5. The maximum absolute atomic E-state index is 13.0. The third kappa shape index (κ3) is 5.07. The van der Waals surface area contributed by atoms with Gasteiger partial charge in [-0.1, -0.05) is 52.0 Å². The van der Waals surface area contributed by atoms with Crippen LogP contribution in [0.5, 0.6) is 0 Å². The molecular weight excluding hydrogens is 494 g/mol. The van der Waals surface area contributed by atoms with Gasteiger partial charge in [-0.25, -0.2) is 13.4 Å². The van der Waals surface area contributed by atoms with Crippen molar-refractivity contribution in [3.8, 4) is 5.13 Å². The molecule has 0 unspecified atom stereocenters. The van der Waals surface area contributed by atoms with Crippen molar-refractivity contribution in [2.45, 2.75) is 51.9 Å². The lowest BCUT2D eigenvalue weighted by Crippen LogP contribution is -2.30. The van der Waals surface area contributed by atoms with Crippen molar-refractivity contribution in [1.82, 2.24) is 19.1 Å². The van der Waals surface area contributed by atoms with Crippen molar-refractivity contribution in [2.75, 3.05) is 18.4 Å². The van der Waals surface area contributed by atoms with Crippen LogP contribution >= 0.6 is 11.3 Å². The molecule has 0 aliphatic carbocycles. The summed E-state index contributed by atoms with van der Waals surface area (Å²) in [5, 5.41) is 8.09. The lowest BCUT2D eigenvalue weighted by Gasteiger charge is -2.18. The van der Waals surface area contributed by atoms with E-state index in [0.29, 0.717) is 29.6 Å². The first-order chi connectivity index (χ1) is 16.9. The number of hydrogen-bond acceptors (Lipinski definition) is 6. The zero-order valence-corrected chi connectivity index (χ0v) is 23.0. The molecular formula is C26H31N5O3S2. The molecule has 1 amide bonds. The fraction of sp³-hybridized carbons (Fsp3) is 0.346. The highest BCUT2D eigenvalue weighted by atomic mass is 32.2. The summed E-state index contributed by atoms with van der Waals surface area (Å²) in [4.78, 5) is 17.9. The first-order valence-electron chi connectivity index (χ1n) is 11.8. The Labute approximate surface area is 216 Å². The van der Waals surface area contributed by atoms with Gasteiger partial charge in [0.25, 0.3) is 5.91 Å². The van der Waals surface area contributed by atoms with Crippen LogP contribution in [0.1, 0.15) is 56.2 Å². The number of anilines is 1. The third-order valence-electron chi connectivity index (χ3n) is 5.96. The summed E-state index contributed by atoms with van der Waals surface area (Å²) in [6.45, 7) is 12.7. The molecule has 0 radical (unpaired) electrons. The molecule has 8 nitrogen and oxygen atoms in total. The second kappa shape index (κ2) is 9.76. The Bertz CT molecular complexity index is 1510. The fourth-order valence-corrected chi connectivity index (χ4v) is 6.31. The second-order valence-electron chi connectivity index (χ2n) is 9.58. The molecule has 2 heterocycles. The Morgan fingerprint density at radius 3 is 2.33 bits per heavy atom. The average molecular weight is 526 g/mol. The number of benzene rings is 2. The van der Waals surface area contributed by atoms with E-state index in [1.54, 1.807) is 24.6 Å². The fourth-order valence-electron chi connectivity index (χ4n) is 3.88. The van der Waals surface area contributed by atoms with E-state index in [0.717, 1.165) is 15.9 Å². The quantitative estimate of drug-likeness (QED) is 0.350. The Kier molecular flexibility index (Phi) is 7.05. The summed E-state index contributed by atoms with van der Waals surface area (Å²) in [5.74, 6) is 0.131. The number of sulfonamides is 1. The predicted molar refractivity (Wildman–Crippen MR) is 145 cm³/mol. The molecule has 2 aromatic carbocycles. The van der Waals surface area contributed by atoms with Crippen LogP contribution in [0, 0.1) is 6.92 Å². The molecule has 1 N–H and O–H groups in total. The number of amides is 1. The smallest absolute Gasteiger partial charge is 0.256 e. The number of rotatable bonds is 7. The minimum Gasteiger partial charge on any atom is -0.306 e. The Morgan fingerprint density at radius 1 is 1.06 bits per heavy atom. The van der Waals surface area contributed by atoms with Crippen LogP contribution in [0.2, 0.25) is 0 Å². The van der Waals surface area contributed by atoms with Crippen molar-refractivity contribution in [3.63, 3.8) is 0 Å². The number of nitrogens with zero attached hydrogens (tertiary/aromatic N) is 4. The monoisotopic (exact) mass is 525 g/mol. The van der Waals surface area contributed by atoms with Crippen LogP contribution in [0.3, 0.4) is 0 Å². The first-order valence-corrected chi connectivity index (χ1v) is 14.1. The van der Waals surface area contributed by atoms with Crippen molar-refractivity contribution in [3.05, 3.63) is 65.4 Å². The van der Waals surface area contributed by atoms with Crippen LogP contribution in [0.15, 0.2) is 53.4 Å². The van der Waals surface area contributed by atoms with Crippen LogP contribution in [-0.2, 0) is 15.4 Å². The highest BCUT2D eigenvalue weighted by molar-refractivity contribution is 7.89. The Morgan fingerprint density at radius 2 is 1.72 bits per heavy atom. The zero-order valence-electron chi connectivity index (χ0n) is 21.4. The summed E-state index contributed by atoms with van der Waals surface area (Å²) in [6.07, 6.45) is 0. The van der Waals surface area contributed by atoms with Crippen molar-refractivity contribution in [2.24, 2.45) is 0 Å². The topological polar surface area (TPSA) is 97.2 Å². The van der Waals surface area contributed by atoms with Crippen LogP contribution < -0.4 is 5.32 Å². The molecule has 2 aromatic heterocycles. The van der Waals surface area contributed by atoms with Gasteiger partial charge in [0.15, 0.2) is 0 Å². The largest absolute Gasteiger partial charge is 0.306 e. The standard InChI is InChI=1S/C26H31N5O3S2/c1-7-30(8-2)36(33,34)20-12-9-18(10-13-20)24(32)28-23-15-17(3)29-31(23)25-27-21-14-11-19(26(4,5)6)16-22(21)35-25/h9-16H,7-8H2,1-6H3,(H,28,32). The molecule has 0 fully saturated rings. The summed E-state index contributed by atoms with van der Waals surface area (Å²) in [7, 11) is -3.59. The van der Waals surface area contributed by atoms with Gasteiger partial charge in [-0.05, 0) is 54.3 Å². The van der Waals surface area contributed by atoms with E-state index in [9.17, 15) is 13.2 Å². The summed E-state index contributed by atoms with van der Waals surface area (Å²) in [5.41, 5.74) is 3.21. The Hall–Kier alpha value is -3.08. The number of nitrogens with one attached hydrogen (secondary N) is 1. The minimum atomic E-state index is -3.59. The predicted octanol–water partition coefficient (Wildman–Crippen LogP) is 5.37. The number of hydrogen-bond donors (Lipinski definition) is 1. The molecule has 0 bridgehead atoms. The van der Waals surface area contributed by atoms with Gasteiger partial charge in [0.2, 0.25) is 15.2 Å². The van der Waals surface area contributed by atoms with E-state index in [-0.39, 0.29) is 16.2 Å². The zero-order chi connectivity index (χ0) is 26.3. The lowest BCUT2D eigenvalue weighted by molar-refractivity contribution is 0.102. The SMILES string of the molecule is CCN(CC)S(=O)(=O)c1ccc(C(=O)Nc2cc(C)nn2-c2nc3ccc(C(C)(C)C)cc3s2)cc1. The molecule has 4 aromatic rings. The molecule has 0 atom stereocenters. The molecule has 0 saturated carbocycles. The number of carbonyl (C=O) groups excluding carboxylic acids is 1. The van der Waals surface area contributed by atoms with Crippen LogP contribution in [-0.4, -0.2) is 46.5 Å². The number of thiazole rings is 1. The van der Waals surface area contributed by atoms with E-state index in [1.165, 1.54) is 45.5 Å². The van der Waals surface area contributed by atoms with Gasteiger partial charge in [0, 0.05) is 24.7 Å². The molecule has 10 heteroatoms. The van der Waals surface area contributed by atoms with E-state index < -0.39 is 10.0 Å². The van der Waals surface area contributed by atoms with E-state index in [1.807, 2.05) is 13.0 Å². The van der Waals surface area contributed by atoms with Gasteiger partial charge in [-0.2, -0.15) is 14.1 Å². The third-order valence-corrected chi connectivity index (χ3v) is 9.02. The highest BCUT2D eigenvalue weighted by Gasteiger charge is 2.22. The molecule has 190 valence electrons. The first kappa shape index (κ1) is 26.0. The lowest BCUT2D eigenvalue weighted by atomic mass is 9.87. The number of fused-ring (bicyclic) bond motifs is 1. The van der Waals surface area contributed by atoms with Crippen molar-refractivity contribution >= 4 is 43.3 Å². The van der Waals surface area contributed by atoms with Gasteiger partial charge >= 0.3 is 0 Å². The number of aromatic nitrogens is 3. The van der Waals surface area contributed by atoms with E-state index in [4.69, 9.17) is 4.98 Å². The summed E-state index contributed by atoms with van der Waals surface area (Å²) in [6, 6.07) is 14.0. The van der Waals surface area contributed by atoms with Crippen LogP contribution in [0.4, 0.5) is 5.82 Å². The van der Waals surface area contributed by atoms with Crippen molar-refractivity contribution in [1.29, 1.82) is 0 Å². The minimum absolute atomic E-state index is 0.0278. The van der Waals surface area contributed by atoms with Gasteiger partial charge in [-0.15, -0.1) is 0 Å². The van der Waals surface area contributed by atoms with Gasteiger partial charge in [-0.3, -0.25) is 4.79 Å². The van der Waals surface area contributed by atoms with Gasteiger partial charge in [0.05, 0.1) is 20.8 Å². The molecule has 0 saturated heterocycles. The number of carbonyl (C=O) groups is 1. The summed E-state index contributed by atoms with van der Waals surface area (Å²) >= 11 is 1.51. The molecule has 0 spiro atoms. The molecule has 0 aliphatic rings. The molecule has 0 aliphatic heterocycles. The average Bonchev–Trinajstić information content (AvgIpc) is 3.41. The van der Waals surface area contributed by atoms with Gasteiger partial charge < -0.3 is 5.32 Å².